The van der Waals surface area contributed by atoms with Crippen LogP contribution in [0.5, 0.6) is 0 Å². The molecule has 0 fully saturated rings. The third-order valence-electron chi connectivity index (χ3n) is 6.67. The van der Waals surface area contributed by atoms with Gasteiger partial charge in [0.15, 0.2) is 0 Å². The van der Waals surface area contributed by atoms with Crippen molar-refractivity contribution in [3.8, 4) is 0 Å². The second-order valence-corrected chi connectivity index (χ2v) is 14.6. The van der Waals surface area contributed by atoms with E-state index in [-0.39, 0.29) is 24.8 Å². The van der Waals surface area contributed by atoms with E-state index in [9.17, 15) is 0 Å². The Morgan fingerprint density at radius 1 is 0.543 bits per heavy atom. The molecule has 2 unspecified atom stereocenters. The van der Waals surface area contributed by atoms with E-state index < -0.39 is 31.2 Å². The number of halogens is 2. The molecule has 2 atom stereocenters. The van der Waals surface area contributed by atoms with E-state index in [0.717, 1.165) is 0 Å². The average Bonchev–Trinajstić information content (AvgIpc) is 3.38. The Hall–Kier alpha value is -1.75. The Kier molecular flexibility index (Phi) is 8.68. The molecule has 4 heteroatoms. The summed E-state index contributed by atoms with van der Waals surface area (Å²) in [5.74, 6) is 0. The summed E-state index contributed by atoms with van der Waals surface area (Å²) < 4.78 is 1.24. The van der Waals surface area contributed by atoms with Crippen molar-refractivity contribution >= 4 is 30.7 Å². The number of allylic oxidation sites excluding steroid dienone is 2. The van der Waals surface area contributed by atoms with Gasteiger partial charge in [0.25, 0.3) is 0 Å². The van der Waals surface area contributed by atoms with E-state index in [2.05, 4.69) is 128 Å². The fourth-order valence-corrected chi connectivity index (χ4v) is 13.5. The Labute approximate surface area is 233 Å². The van der Waals surface area contributed by atoms with Crippen LogP contribution in [0.25, 0.3) is 12.2 Å². The third-order valence-corrected chi connectivity index (χ3v) is 14.9. The van der Waals surface area contributed by atoms with Crippen molar-refractivity contribution in [3.63, 3.8) is 0 Å². The van der Waals surface area contributed by atoms with Crippen LogP contribution in [0.3, 0.4) is 0 Å². The molecule has 4 aromatic rings. The summed E-state index contributed by atoms with van der Waals surface area (Å²) >= 11 is -0.890. The molecular weight excluding hydrogens is 565 g/mol. The molecule has 2 aliphatic carbocycles. The summed E-state index contributed by atoms with van der Waals surface area (Å²) in [6.07, 6.45) is 4.98. The molecule has 0 amide bonds. The van der Waals surface area contributed by atoms with Gasteiger partial charge in [0.2, 0.25) is 0 Å². The zero-order valence-corrected chi connectivity index (χ0v) is 24.3. The van der Waals surface area contributed by atoms with Crippen molar-refractivity contribution in [2.45, 2.75) is 14.2 Å². The predicted molar refractivity (Wildman–Crippen MR) is 139 cm³/mol. The van der Waals surface area contributed by atoms with E-state index >= 15 is 0 Å². The van der Waals surface area contributed by atoms with E-state index in [0.29, 0.717) is 7.25 Å². The topological polar surface area (TPSA) is 0 Å². The second-order valence-electron chi connectivity index (χ2n) is 8.75. The molecule has 0 aromatic heterocycles. The number of hydrogen-bond acceptors (Lipinski definition) is 0. The monoisotopic (exact) mass is 588 g/mol. The summed E-state index contributed by atoms with van der Waals surface area (Å²) in [7, 11) is -0.555. The van der Waals surface area contributed by atoms with Crippen LogP contribution in [-0.4, -0.2) is 0 Å². The van der Waals surface area contributed by atoms with Gasteiger partial charge in [-0.05, 0) is 0 Å². The van der Waals surface area contributed by atoms with E-state index in [1.54, 1.807) is 22.0 Å². The molecule has 4 aromatic carbocycles. The van der Waals surface area contributed by atoms with Gasteiger partial charge in [0.05, 0.1) is 0 Å². The molecule has 2 aliphatic rings. The number of rotatable bonds is 5. The molecule has 6 rings (SSSR count). The SMILES string of the molecule is CC1=Cc2ccccc2[CH]1[Zr+2][CH]1C(P(c2ccccc2)c2ccccc2)=Cc2ccccc21.[Cl-].[Cl-]. The van der Waals surface area contributed by atoms with Gasteiger partial charge in [-0.25, -0.2) is 0 Å². The van der Waals surface area contributed by atoms with Crippen LogP contribution in [0.4, 0.5) is 0 Å². The fourth-order valence-electron chi connectivity index (χ4n) is 5.14. The molecule has 0 nitrogen and oxygen atoms in total. The van der Waals surface area contributed by atoms with Crippen molar-refractivity contribution in [1.29, 1.82) is 0 Å². The molecule has 0 bridgehead atoms. The maximum absolute atomic E-state index is 2.55. The van der Waals surface area contributed by atoms with Crippen LogP contribution < -0.4 is 35.4 Å². The molecule has 0 saturated carbocycles. The molecule has 0 aliphatic heterocycles. The zero-order valence-electron chi connectivity index (χ0n) is 19.4. The first-order valence-corrected chi connectivity index (χ1v) is 15.7. The van der Waals surface area contributed by atoms with Crippen LogP contribution >= 0.6 is 7.92 Å². The van der Waals surface area contributed by atoms with E-state index in [1.807, 2.05) is 0 Å². The summed E-state index contributed by atoms with van der Waals surface area (Å²) in [5.41, 5.74) is 7.57. The summed E-state index contributed by atoms with van der Waals surface area (Å²) in [6.45, 7) is 2.35. The Morgan fingerprint density at radius 2 is 1.00 bits per heavy atom. The minimum absolute atomic E-state index is 0. The van der Waals surface area contributed by atoms with Crippen LogP contribution in [-0.2, 0) is 23.2 Å². The predicted octanol–water partition coefficient (Wildman–Crippen LogP) is 1.46. The maximum atomic E-state index is 2.55. The van der Waals surface area contributed by atoms with E-state index in [4.69, 9.17) is 0 Å². The smallest absolute Gasteiger partial charge is 1.00 e. The van der Waals surface area contributed by atoms with Crippen molar-refractivity contribution < 1.29 is 48.0 Å². The molecule has 172 valence electrons. The molecular formula is C31H25Cl2PZr. The zero-order chi connectivity index (χ0) is 22.2. The minimum atomic E-state index is -0.890. The Balaban J connectivity index is 0.00000144. The average molecular weight is 591 g/mol. The minimum Gasteiger partial charge on any atom is -1.00 e. The first kappa shape index (κ1) is 26.3. The van der Waals surface area contributed by atoms with Crippen LogP contribution in [0.15, 0.2) is 120 Å². The van der Waals surface area contributed by atoms with Crippen LogP contribution in [0, 0.1) is 0 Å². The van der Waals surface area contributed by atoms with E-state index in [1.165, 1.54) is 21.7 Å². The van der Waals surface area contributed by atoms with Gasteiger partial charge in [0.1, 0.15) is 0 Å². The molecule has 0 heterocycles. The number of fused-ring (bicyclic) bond motifs is 2. The van der Waals surface area contributed by atoms with Gasteiger partial charge in [-0.2, -0.15) is 0 Å². The van der Waals surface area contributed by atoms with Gasteiger partial charge in [-0.15, -0.1) is 0 Å². The normalized spacial score (nSPS) is 17.3. The fraction of sp³-hybridized carbons (Fsp3) is 0.0968. The molecule has 35 heavy (non-hydrogen) atoms. The van der Waals surface area contributed by atoms with Gasteiger partial charge in [-0.1, -0.05) is 0 Å². The Bertz CT molecular complexity index is 1330. The first-order valence-electron chi connectivity index (χ1n) is 11.5. The van der Waals surface area contributed by atoms with Crippen molar-refractivity contribution in [2.24, 2.45) is 0 Å². The standard InChI is InChI=1S/C21H16P.C10H9.2ClH.Zr/c1-3-11-19(12-4-1)22(20-13-5-2-6-14-20)21-15-17-9-7-8-10-18(17)16-21;1-8-6-9-4-2-3-5-10(9)7-8;;;/h1-16H;2-7H,1H3;2*1H;/q;;;;+2/p-2. The molecule has 0 N–H and O–H groups in total. The number of benzene rings is 4. The van der Waals surface area contributed by atoms with Crippen LogP contribution in [0.2, 0.25) is 0 Å². The molecule has 0 radical (unpaired) electrons. The van der Waals surface area contributed by atoms with Crippen molar-refractivity contribution in [1.82, 2.24) is 0 Å². The van der Waals surface area contributed by atoms with Crippen LogP contribution in [0.1, 0.15) is 36.4 Å². The summed E-state index contributed by atoms with van der Waals surface area (Å²) in [6, 6.07) is 40.6. The third kappa shape index (κ3) is 5.08. The van der Waals surface area contributed by atoms with Gasteiger partial charge in [-0.3, -0.25) is 0 Å². The molecule has 0 saturated heterocycles. The summed E-state index contributed by atoms with van der Waals surface area (Å²) in [5, 5.41) is 4.58. The second kappa shape index (κ2) is 11.5. The van der Waals surface area contributed by atoms with Crippen molar-refractivity contribution in [2.75, 3.05) is 0 Å². The first-order chi connectivity index (χ1) is 16.3. The van der Waals surface area contributed by atoms with Gasteiger partial charge < -0.3 is 24.8 Å². The largest absolute Gasteiger partial charge is 1.00 e. The van der Waals surface area contributed by atoms with Gasteiger partial charge in [0, 0.05) is 0 Å². The molecule has 0 spiro atoms. The van der Waals surface area contributed by atoms with Gasteiger partial charge >= 0.3 is 210 Å². The summed E-state index contributed by atoms with van der Waals surface area (Å²) in [4.78, 5) is 0. The maximum Gasteiger partial charge on any atom is -1.00 e. The number of hydrogen-bond donors (Lipinski definition) is 0. The Morgan fingerprint density at radius 3 is 1.57 bits per heavy atom. The quantitative estimate of drug-likeness (QED) is 0.309. The van der Waals surface area contributed by atoms with Crippen molar-refractivity contribution in [3.05, 3.63) is 142 Å².